The number of nitrogens with one attached hydrogen (secondary N) is 2. The van der Waals surface area contributed by atoms with E-state index in [-0.39, 0.29) is 24.1 Å². The Bertz CT molecular complexity index is 820. The van der Waals surface area contributed by atoms with Gasteiger partial charge in [-0.1, -0.05) is 37.3 Å². The van der Waals surface area contributed by atoms with Crippen LogP contribution in [-0.4, -0.2) is 22.8 Å². The van der Waals surface area contributed by atoms with Crippen LogP contribution < -0.4 is 10.6 Å². The van der Waals surface area contributed by atoms with Crippen LogP contribution in [0.4, 0.5) is 11.4 Å². The molecule has 0 aliphatic heterocycles. The van der Waals surface area contributed by atoms with Gasteiger partial charge in [-0.25, -0.2) is 0 Å². The molecule has 0 heterocycles. The quantitative estimate of drug-likeness (QED) is 0.587. The van der Waals surface area contributed by atoms with E-state index < -0.39 is 10.8 Å². The molecule has 0 fully saturated rings. The number of nitrogens with zero attached hydrogens (tertiary/aromatic N) is 1. The highest BCUT2D eigenvalue weighted by Gasteiger charge is 2.18. The van der Waals surface area contributed by atoms with Crippen molar-refractivity contribution in [1.29, 1.82) is 0 Å². The average molecular weight is 355 g/mol. The summed E-state index contributed by atoms with van der Waals surface area (Å²) in [6.07, 6.45) is 0.635. The van der Waals surface area contributed by atoms with Gasteiger partial charge in [0.25, 0.3) is 11.6 Å². The molecule has 1 atom stereocenters. The highest BCUT2D eigenvalue weighted by atomic mass is 16.6. The number of carbonyl (C=O) groups excluding carboxylic acids is 2. The van der Waals surface area contributed by atoms with Gasteiger partial charge in [-0.3, -0.25) is 19.7 Å². The number of anilines is 1. The van der Waals surface area contributed by atoms with Gasteiger partial charge in [-0.2, -0.15) is 0 Å². The lowest BCUT2D eigenvalue weighted by Crippen LogP contribution is -2.32. The molecule has 0 bridgehead atoms. The van der Waals surface area contributed by atoms with E-state index in [0.717, 1.165) is 6.42 Å². The molecule has 2 aromatic rings. The minimum absolute atomic E-state index is 0.0122. The Morgan fingerprint density at radius 3 is 2.46 bits per heavy atom. The Labute approximate surface area is 151 Å². The Kier molecular flexibility index (Phi) is 6.43. The van der Waals surface area contributed by atoms with Crippen LogP contribution in [0.5, 0.6) is 0 Å². The van der Waals surface area contributed by atoms with E-state index >= 15 is 0 Å². The van der Waals surface area contributed by atoms with Crippen molar-refractivity contribution in [2.45, 2.75) is 32.7 Å². The second kappa shape index (κ2) is 8.75. The highest BCUT2D eigenvalue weighted by molar-refractivity contribution is 6.04. The Balaban J connectivity index is 2.15. The molecule has 0 unspecified atom stereocenters. The summed E-state index contributed by atoms with van der Waals surface area (Å²) < 4.78 is 0. The summed E-state index contributed by atoms with van der Waals surface area (Å²) in [5.41, 5.74) is 0.933. The predicted molar refractivity (Wildman–Crippen MR) is 99.1 cm³/mol. The van der Waals surface area contributed by atoms with Crippen molar-refractivity contribution in [3.63, 3.8) is 0 Å². The molecule has 2 aromatic carbocycles. The van der Waals surface area contributed by atoms with Crippen molar-refractivity contribution in [3.05, 3.63) is 69.8 Å². The third kappa shape index (κ3) is 4.89. The van der Waals surface area contributed by atoms with Crippen molar-refractivity contribution < 1.29 is 14.5 Å². The first kappa shape index (κ1) is 19.1. The normalized spacial score (nSPS) is 11.5. The fraction of sp³-hybridized carbons (Fsp3) is 0.263. The molecule has 7 heteroatoms. The number of hydrogen-bond donors (Lipinski definition) is 2. The molecule has 0 aliphatic rings. The lowest BCUT2D eigenvalue weighted by Gasteiger charge is -2.14. The largest absolute Gasteiger partial charge is 0.350 e. The summed E-state index contributed by atoms with van der Waals surface area (Å²) in [7, 11) is 0. The minimum Gasteiger partial charge on any atom is -0.350 e. The lowest BCUT2D eigenvalue weighted by molar-refractivity contribution is -0.385. The average Bonchev–Trinajstić information content (AvgIpc) is 2.62. The first-order valence-corrected chi connectivity index (χ1v) is 8.34. The van der Waals surface area contributed by atoms with Crippen LogP contribution in [0.15, 0.2) is 48.5 Å². The zero-order chi connectivity index (χ0) is 19.1. The molecule has 0 radical (unpaired) electrons. The van der Waals surface area contributed by atoms with Crippen molar-refractivity contribution in [1.82, 2.24) is 5.32 Å². The summed E-state index contributed by atoms with van der Waals surface area (Å²) in [5, 5.41) is 16.6. The molecular formula is C19H21N3O4. The monoisotopic (exact) mass is 355 g/mol. The Hall–Kier alpha value is -3.22. The summed E-state index contributed by atoms with van der Waals surface area (Å²) in [6, 6.07) is 12.8. The smallest absolute Gasteiger partial charge is 0.273 e. The molecule has 2 amide bonds. The first-order valence-electron chi connectivity index (χ1n) is 8.34. The molecule has 136 valence electrons. The minimum atomic E-state index is -0.518. The highest BCUT2D eigenvalue weighted by Crippen LogP contribution is 2.20. The third-order valence-electron chi connectivity index (χ3n) is 3.97. The maximum atomic E-state index is 12.4. The molecule has 0 aliphatic carbocycles. The molecule has 0 saturated heterocycles. The molecule has 26 heavy (non-hydrogen) atoms. The van der Waals surface area contributed by atoms with Crippen molar-refractivity contribution in [2.24, 2.45) is 0 Å². The first-order chi connectivity index (χ1) is 12.4. The lowest BCUT2D eigenvalue weighted by atomic mass is 10.1. The van der Waals surface area contributed by atoms with Gasteiger partial charge in [-0.15, -0.1) is 0 Å². The zero-order valence-electron chi connectivity index (χ0n) is 14.7. The molecule has 7 nitrogen and oxygen atoms in total. The number of nitro groups is 1. The zero-order valence-corrected chi connectivity index (χ0v) is 14.7. The number of nitro benzene ring substituents is 1. The Morgan fingerprint density at radius 2 is 1.77 bits per heavy atom. The van der Waals surface area contributed by atoms with Gasteiger partial charge in [-0.05, 0) is 25.5 Å². The van der Waals surface area contributed by atoms with E-state index in [4.69, 9.17) is 0 Å². The van der Waals surface area contributed by atoms with Gasteiger partial charge in [0.05, 0.1) is 22.6 Å². The van der Waals surface area contributed by atoms with E-state index in [9.17, 15) is 19.7 Å². The van der Waals surface area contributed by atoms with Crippen molar-refractivity contribution in [2.75, 3.05) is 5.32 Å². The van der Waals surface area contributed by atoms with Crippen molar-refractivity contribution in [3.8, 4) is 0 Å². The predicted octanol–water partition coefficient (Wildman–Crippen LogP) is 3.30. The number of hydrogen-bond acceptors (Lipinski definition) is 4. The molecule has 0 aromatic heterocycles. The van der Waals surface area contributed by atoms with E-state index in [1.165, 1.54) is 6.07 Å². The van der Waals surface area contributed by atoms with Gasteiger partial charge >= 0.3 is 0 Å². The van der Waals surface area contributed by atoms with Gasteiger partial charge in [0, 0.05) is 17.7 Å². The van der Waals surface area contributed by atoms with Crippen LogP contribution in [0.25, 0.3) is 0 Å². The summed E-state index contributed by atoms with van der Waals surface area (Å²) in [4.78, 5) is 35.3. The number of carbonyl (C=O) groups is 2. The van der Waals surface area contributed by atoms with Crippen LogP contribution >= 0.6 is 0 Å². The van der Waals surface area contributed by atoms with Crippen LogP contribution in [0, 0.1) is 10.1 Å². The summed E-state index contributed by atoms with van der Waals surface area (Å²) >= 11 is 0. The summed E-state index contributed by atoms with van der Waals surface area (Å²) in [6.45, 7) is 3.86. The second-order valence-electron chi connectivity index (χ2n) is 5.94. The number of para-hydroxylation sites is 2. The van der Waals surface area contributed by atoms with Crippen molar-refractivity contribution >= 4 is 23.2 Å². The van der Waals surface area contributed by atoms with E-state index in [1.807, 2.05) is 13.8 Å². The topological polar surface area (TPSA) is 101 Å². The fourth-order valence-corrected chi connectivity index (χ4v) is 2.40. The summed E-state index contributed by atoms with van der Waals surface area (Å²) in [5.74, 6) is -0.705. The molecule has 2 rings (SSSR count). The molecule has 2 N–H and O–H groups in total. The Morgan fingerprint density at radius 1 is 1.12 bits per heavy atom. The van der Waals surface area contributed by atoms with Gasteiger partial charge in [0.15, 0.2) is 0 Å². The number of benzene rings is 2. The maximum Gasteiger partial charge on any atom is 0.273 e. The molecular weight excluding hydrogens is 334 g/mol. The standard InChI is InChI=1S/C19H21N3O4/c1-3-13(2)20-19(24)15-9-5-6-10-16(15)21-18(23)12-14-8-4-7-11-17(14)22(25)26/h4-11,13H,3,12H2,1-2H3,(H,20,24)(H,21,23)/t13-/m0/s1. The maximum absolute atomic E-state index is 12.4. The van der Waals surface area contributed by atoms with Crippen LogP contribution in [0.3, 0.4) is 0 Å². The van der Waals surface area contributed by atoms with E-state index in [0.29, 0.717) is 16.8 Å². The molecule has 0 saturated carbocycles. The van der Waals surface area contributed by atoms with E-state index in [1.54, 1.807) is 42.5 Å². The van der Waals surface area contributed by atoms with Crippen LogP contribution in [0.1, 0.15) is 36.2 Å². The third-order valence-corrected chi connectivity index (χ3v) is 3.97. The van der Waals surface area contributed by atoms with E-state index in [2.05, 4.69) is 10.6 Å². The van der Waals surface area contributed by atoms with Crippen LogP contribution in [-0.2, 0) is 11.2 Å². The van der Waals surface area contributed by atoms with Gasteiger partial charge in [0.2, 0.25) is 5.91 Å². The van der Waals surface area contributed by atoms with Gasteiger partial charge < -0.3 is 10.6 Å². The fourth-order valence-electron chi connectivity index (χ4n) is 2.40. The molecule has 0 spiro atoms. The van der Waals surface area contributed by atoms with Crippen LogP contribution in [0.2, 0.25) is 0 Å². The number of amides is 2. The SMILES string of the molecule is CC[C@H](C)NC(=O)c1ccccc1NC(=O)Cc1ccccc1[N+](=O)[O-]. The number of rotatable bonds is 7. The second-order valence-corrected chi connectivity index (χ2v) is 5.94. The van der Waals surface area contributed by atoms with Gasteiger partial charge in [0.1, 0.15) is 0 Å².